The van der Waals surface area contributed by atoms with E-state index < -0.39 is 60.9 Å². The van der Waals surface area contributed by atoms with Gasteiger partial charge in [0, 0.05) is 5.69 Å². The molecule has 0 aliphatic heterocycles. The number of carboxylic acid groups (broad SMARTS) is 1. The highest BCUT2D eigenvalue weighted by Crippen LogP contribution is 2.20. The molecule has 4 rings (SSSR count). The molecule has 0 aromatic heterocycles. The van der Waals surface area contributed by atoms with Gasteiger partial charge >= 0.3 is 23.9 Å². The maximum atomic E-state index is 12.4. The van der Waals surface area contributed by atoms with Crippen LogP contribution in [0.1, 0.15) is 83.9 Å². The Morgan fingerprint density at radius 1 is 0.600 bits per heavy atom. The Morgan fingerprint density at radius 2 is 1.05 bits per heavy atom. The van der Waals surface area contributed by atoms with E-state index in [0.29, 0.717) is 22.4 Å². The van der Waals surface area contributed by atoms with Gasteiger partial charge in [0.15, 0.2) is 13.2 Å². The molecule has 4 aromatic rings. The number of benzene rings is 4. The first-order chi connectivity index (χ1) is 26.0. The van der Waals surface area contributed by atoms with Gasteiger partial charge in [-0.15, -0.1) is 0 Å². The summed E-state index contributed by atoms with van der Waals surface area (Å²) in [6, 6.07) is 21.8. The molecule has 4 aromatic carbocycles. The number of hydrogen-bond acceptors (Lipinski definition) is 10. The van der Waals surface area contributed by atoms with Crippen LogP contribution >= 0.6 is 0 Å². The Bertz CT molecular complexity index is 1920. The normalized spacial score (nSPS) is 11.5. The number of amides is 1. The highest BCUT2D eigenvalue weighted by Gasteiger charge is 2.22. The maximum Gasteiger partial charge on any atom is 0.340 e. The zero-order chi connectivity index (χ0) is 40.8. The lowest BCUT2D eigenvalue weighted by molar-refractivity contribution is -0.141. The Kier molecular flexibility index (Phi) is 15.9. The Hall–Kier alpha value is -6.30. The van der Waals surface area contributed by atoms with Crippen LogP contribution in [0.5, 0.6) is 0 Å². The molecule has 0 aliphatic carbocycles. The predicted molar refractivity (Wildman–Crippen MR) is 207 cm³/mol. The third-order valence-electron chi connectivity index (χ3n) is 8.35. The van der Waals surface area contributed by atoms with Gasteiger partial charge in [0.1, 0.15) is 18.7 Å². The summed E-state index contributed by atoms with van der Waals surface area (Å²) in [5.41, 5.74) is 7.80. The van der Waals surface area contributed by atoms with Crippen LogP contribution in [0, 0.1) is 41.5 Å². The molecule has 12 nitrogen and oxygen atoms in total. The van der Waals surface area contributed by atoms with E-state index in [0.717, 1.165) is 38.9 Å². The van der Waals surface area contributed by atoms with E-state index >= 15 is 0 Å². The molecule has 1 amide bonds. The maximum absolute atomic E-state index is 12.4. The number of ether oxygens (including phenoxy) is 3. The number of nitrogens with one attached hydrogen (secondary N) is 2. The second-order valence-electron chi connectivity index (χ2n) is 13.3. The lowest BCUT2D eigenvalue weighted by Crippen LogP contribution is -2.45. The first kappa shape index (κ1) is 43.1. The molecule has 0 radical (unpaired) electrons. The molecule has 0 spiro atoms. The minimum absolute atomic E-state index is 0.139. The SMILES string of the molecule is CC(Nc1ccccc1C(=O)OCc1ccccc1)C(=O)N[C@@H](C)C(=O)O.Cc1cc(C)c(C(=O)OCC(=O)COC(=O)c2c(C)cc(C)cc2C)c(C)c1. The Morgan fingerprint density at radius 3 is 1.53 bits per heavy atom. The number of carbonyl (C=O) groups is 6. The number of carboxylic acids is 1. The van der Waals surface area contributed by atoms with E-state index in [1.54, 1.807) is 31.2 Å². The first-order valence-electron chi connectivity index (χ1n) is 17.6. The summed E-state index contributed by atoms with van der Waals surface area (Å²) in [6.07, 6.45) is 0. The van der Waals surface area contributed by atoms with Crippen LogP contribution in [0.15, 0.2) is 78.9 Å². The van der Waals surface area contributed by atoms with Crippen molar-refractivity contribution in [2.75, 3.05) is 18.5 Å². The molecule has 0 saturated heterocycles. The minimum Gasteiger partial charge on any atom is -0.480 e. The molecule has 0 heterocycles. The van der Waals surface area contributed by atoms with Gasteiger partial charge in [-0.3, -0.25) is 14.4 Å². The van der Waals surface area contributed by atoms with Gasteiger partial charge in [-0.25, -0.2) is 14.4 Å². The second-order valence-corrected chi connectivity index (χ2v) is 13.3. The van der Waals surface area contributed by atoms with Crippen LogP contribution in [0.4, 0.5) is 5.69 Å². The van der Waals surface area contributed by atoms with Crippen molar-refractivity contribution in [1.29, 1.82) is 0 Å². The van der Waals surface area contributed by atoms with Gasteiger partial charge < -0.3 is 30.0 Å². The van der Waals surface area contributed by atoms with Crippen LogP contribution in [0.3, 0.4) is 0 Å². The molecule has 55 heavy (non-hydrogen) atoms. The number of ketones is 1. The van der Waals surface area contributed by atoms with Crippen molar-refractivity contribution >= 4 is 41.3 Å². The summed E-state index contributed by atoms with van der Waals surface area (Å²) in [6.45, 7) is 13.4. The minimum atomic E-state index is -1.12. The Balaban J connectivity index is 0.000000296. The van der Waals surface area contributed by atoms with Gasteiger partial charge in [0.25, 0.3) is 0 Å². The van der Waals surface area contributed by atoms with Crippen molar-refractivity contribution in [3.05, 3.63) is 134 Å². The van der Waals surface area contributed by atoms with Crippen LogP contribution in [0.25, 0.3) is 0 Å². The molecule has 3 N–H and O–H groups in total. The number of para-hydroxylation sites is 1. The number of aryl methyl sites for hydroxylation is 6. The summed E-state index contributed by atoms with van der Waals surface area (Å²) in [5, 5.41) is 14.2. The number of rotatable bonds is 14. The lowest BCUT2D eigenvalue weighted by atomic mass is 10.00. The van der Waals surface area contributed by atoms with Gasteiger partial charge in [-0.05, 0) is 95.3 Å². The van der Waals surface area contributed by atoms with Gasteiger partial charge in [-0.1, -0.05) is 77.9 Å². The summed E-state index contributed by atoms with van der Waals surface area (Å²) >= 11 is 0. The standard InChI is InChI=1S/C23H26O5.C20H22N2O5/c1-13-7-15(3)20(16(4)8-13)22(25)27-11-19(24)12-28-23(26)21-17(5)9-14(2)10-18(21)6;1-13(18(23)22-14(2)19(24)25)21-17-11-7-6-10-16(17)20(26)27-12-15-8-4-3-5-9-15/h7-10H,11-12H2,1-6H3;3-11,13-14,21H,12H2,1-2H3,(H,22,23)(H,24,25)/t;13?,14-/m.0/s1. The van der Waals surface area contributed by atoms with E-state index in [-0.39, 0.29) is 6.61 Å². The van der Waals surface area contributed by atoms with Crippen molar-refractivity contribution in [2.45, 2.75) is 74.1 Å². The molecule has 0 saturated carbocycles. The summed E-state index contributed by atoms with van der Waals surface area (Å²) in [7, 11) is 0. The molecule has 0 fully saturated rings. The van der Waals surface area contributed by atoms with E-state index in [2.05, 4.69) is 10.6 Å². The molecular formula is C43H48N2O10. The van der Waals surface area contributed by atoms with Crippen molar-refractivity contribution in [3.8, 4) is 0 Å². The zero-order valence-corrected chi connectivity index (χ0v) is 32.4. The number of carbonyl (C=O) groups excluding carboxylic acids is 5. The van der Waals surface area contributed by atoms with Crippen molar-refractivity contribution in [1.82, 2.24) is 5.32 Å². The molecule has 0 aliphatic rings. The fraction of sp³-hybridized carbons (Fsp3) is 0.302. The van der Waals surface area contributed by atoms with E-state index in [4.69, 9.17) is 19.3 Å². The number of aliphatic carboxylic acids is 1. The Labute approximate surface area is 321 Å². The second kappa shape index (κ2) is 20.2. The monoisotopic (exact) mass is 752 g/mol. The number of anilines is 1. The van der Waals surface area contributed by atoms with Gasteiger partial charge in [0.2, 0.25) is 11.7 Å². The van der Waals surface area contributed by atoms with Crippen molar-refractivity contribution < 1.29 is 48.1 Å². The van der Waals surface area contributed by atoms with Crippen LogP contribution in [-0.4, -0.2) is 66.0 Å². The lowest BCUT2D eigenvalue weighted by Gasteiger charge is -2.18. The van der Waals surface area contributed by atoms with Crippen molar-refractivity contribution in [3.63, 3.8) is 0 Å². The third-order valence-corrected chi connectivity index (χ3v) is 8.35. The summed E-state index contributed by atoms with van der Waals surface area (Å²) < 4.78 is 15.6. The summed E-state index contributed by atoms with van der Waals surface area (Å²) in [5.74, 6) is -3.72. The smallest absolute Gasteiger partial charge is 0.340 e. The molecule has 0 bridgehead atoms. The predicted octanol–water partition coefficient (Wildman–Crippen LogP) is 6.55. The van der Waals surface area contributed by atoms with Gasteiger partial charge in [0.05, 0.1) is 16.7 Å². The molecule has 12 heteroatoms. The van der Waals surface area contributed by atoms with Crippen molar-refractivity contribution in [2.24, 2.45) is 0 Å². The quantitative estimate of drug-likeness (QED) is 0.0941. The largest absolute Gasteiger partial charge is 0.480 e. The van der Waals surface area contributed by atoms with Crippen LogP contribution < -0.4 is 10.6 Å². The molecule has 2 atom stereocenters. The number of esters is 3. The van der Waals surface area contributed by atoms with E-state index in [1.807, 2.05) is 96.1 Å². The number of hydrogen-bond donors (Lipinski definition) is 3. The molecule has 1 unspecified atom stereocenters. The van der Waals surface area contributed by atoms with Crippen LogP contribution in [-0.2, 0) is 35.2 Å². The van der Waals surface area contributed by atoms with Gasteiger partial charge in [-0.2, -0.15) is 0 Å². The topological polar surface area (TPSA) is 174 Å². The highest BCUT2D eigenvalue weighted by atomic mass is 16.6. The van der Waals surface area contributed by atoms with E-state index in [1.165, 1.54) is 6.92 Å². The highest BCUT2D eigenvalue weighted by molar-refractivity contribution is 5.98. The number of Topliss-reactive ketones (excluding diaryl/α,β-unsaturated/α-hetero) is 1. The first-order valence-corrected chi connectivity index (χ1v) is 17.6. The van der Waals surface area contributed by atoms with E-state index in [9.17, 15) is 28.8 Å². The van der Waals surface area contributed by atoms with Crippen LogP contribution in [0.2, 0.25) is 0 Å². The third kappa shape index (κ3) is 13.0. The average molecular weight is 753 g/mol. The molecule has 290 valence electrons. The average Bonchev–Trinajstić information content (AvgIpc) is 3.12. The zero-order valence-electron chi connectivity index (χ0n) is 32.4. The molecular weight excluding hydrogens is 704 g/mol. The fourth-order valence-corrected chi connectivity index (χ4v) is 5.77. The fourth-order valence-electron chi connectivity index (χ4n) is 5.77. The summed E-state index contributed by atoms with van der Waals surface area (Å²) in [4.78, 5) is 72.0.